The van der Waals surface area contributed by atoms with Crippen LogP contribution < -0.4 is 25.3 Å². The third kappa shape index (κ3) is 8.91. The van der Waals surface area contributed by atoms with Crippen molar-refractivity contribution in [2.24, 2.45) is 5.92 Å². The average molecular weight is 868 g/mol. The maximum Gasteiger partial charge on any atom is 0.328 e. The number of pyridine rings is 2. The van der Waals surface area contributed by atoms with Crippen LogP contribution in [-0.2, 0) is 10.2 Å². The molecule has 3 fully saturated rings. The summed E-state index contributed by atoms with van der Waals surface area (Å²) in [6.07, 6.45) is 5.69. The van der Waals surface area contributed by atoms with Crippen molar-refractivity contribution in [1.29, 1.82) is 0 Å². The zero-order valence-corrected chi connectivity index (χ0v) is 36.9. The van der Waals surface area contributed by atoms with Gasteiger partial charge in [0.15, 0.2) is 5.82 Å². The minimum absolute atomic E-state index is 0.0889. The summed E-state index contributed by atoms with van der Waals surface area (Å²) in [6.45, 7) is 16.9. The molecule has 9 rings (SSSR count). The maximum absolute atomic E-state index is 15.6. The summed E-state index contributed by atoms with van der Waals surface area (Å²) >= 11 is 0. The lowest BCUT2D eigenvalue weighted by molar-refractivity contribution is -0.120. The number of anilines is 3. The summed E-state index contributed by atoms with van der Waals surface area (Å²) in [5, 5.41) is 9.96. The number of nitrogens with zero attached hydrogens (tertiary/aromatic N) is 8. The minimum atomic E-state index is -0.458. The summed E-state index contributed by atoms with van der Waals surface area (Å²) in [6, 6.07) is 19.1. The molecule has 3 aliphatic rings. The first-order valence-corrected chi connectivity index (χ1v) is 22.1. The monoisotopic (exact) mass is 867 g/mol. The van der Waals surface area contributed by atoms with Crippen LogP contribution in [0.5, 0.6) is 0 Å². The van der Waals surface area contributed by atoms with Gasteiger partial charge in [0, 0.05) is 104 Å². The number of carbonyl (C=O) groups excluding carboxylic acids is 3. The van der Waals surface area contributed by atoms with Crippen molar-refractivity contribution in [1.82, 2.24) is 40.6 Å². The van der Waals surface area contributed by atoms with Gasteiger partial charge in [0.05, 0.1) is 12.2 Å². The van der Waals surface area contributed by atoms with Crippen molar-refractivity contribution in [2.45, 2.75) is 65.3 Å². The fraction of sp³-hybridized carbons (Fsp3) is 0.396. The number of amides is 4. The van der Waals surface area contributed by atoms with Gasteiger partial charge >= 0.3 is 17.8 Å². The Morgan fingerprint density at radius 2 is 1.62 bits per heavy atom. The van der Waals surface area contributed by atoms with Crippen LogP contribution in [0.1, 0.15) is 80.6 Å². The van der Waals surface area contributed by atoms with Crippen molar-refractivity contribution >= 4 is 46.1 Å². The zero-order valence-electron chi connectivity index (χ0n) is 36.9. The lowest BCUT2D eigenvalue weighted by Crippen LogP contribution is -2.49. The van der Waals surface area contributed by atoms with E-state index in [4.69, 9.17) is 9.51 Å². The van der Waals surface area contributed by atoms with Gasteiger partial charge in [-0.3, -0.25) is 24.7 Å². The maximum atomic E-state index is 15.6. The van der Waals surface area contributed by atoms with E-state index < -0.39 is 11.7 Å². The summed E-state index contributed by atoms with van der Waals surface area (Å²) in [5.41, 5.74) is 6.79. The Bertz CT molecular complexity index is 2670. The number of H-pyrrole nitrogens is 1. The largest absolute Gasteiger partial charge is 0.372 e. The van der Waals surface area contributed by atoms with Crippen LogP contribution in [0.4, 0.5) is 26.4 Å². The van der Waals surface area contributed by atoms with Crippen molar-refractivity contribution in [3.63, 3.8) is 0 Å². The molecule has 0 unspecified atom stereocenters. The van der Waals surface area contributed by atoms with Gasteiger partial charge in [-0.05, 0) is 91.8 Å². The number of fused-ring (bicyclic) bond motifs is 1. The predicted molar refractivity (Wildman–Crippen MR) is 244 cm³/mol. The second-order valence-electron chi connectivity index (χ2n) is 18.3. The third-order valence-corrected chi connectivity index (χ3v) is 12.7. The van der Waals surface area contributed by atoms with Crippen molar-refractivity contribution in [2.75, 3.05) is 67.1 Å². The summed E-state index contributed by atoms with van der Waals surface area (Å²) in [4.78, 5) is 62.6. The quantitative estimate of drug-likeness (QED) is 0.126. The normalized spacial score (nSPS) is 17.2. The first kappa shape index (κ1) is 42.6. The molecule has 3 saturated heterocycles. The fourth-order valence-corrected chi connectivity index (χ4v) is 9.06. The van der Waals surface area contributed by atoms with Crippen LogP contribution in [0.25, 0.3) is 33.4 Å². The minimum Gasteiger partial charge on any atom is -0.372 e. The predicted octanol–water partition coefficient (Wildman–Crippen LogP) is 7.40. The first-order valence-electron chi connectivity index (χ1n) is 22.1. The van der Waals surface area contributed by atoms with E-state index in [2.05, 4.69) is 69.7 Å². The highest BCUT2D eigenvalue weighted by Crippen LogP contribution is 2.36. The van der Waals surface area contributed by atoms with Gasteiger partial charge in [-0.1, -0.05) is 44.1 Å². The molecule has 0 radical (unpaired) electrons. The molecule has 0 saturated carbocycles. The molecule has 6 aromatic rings. The van der Waals surface area contributed by atoms with Crippen LogP contribution in [0, 0.1) is 18.7 Å². The van der Waals surface area contributed by atoms with Crippen molar-refractivity contribution in [3.8, 4) is 22.4 Å². The summed E-state index contributed by atoms with van der Waals surface area (Å²) < 4.78 is 20.9. The molecular formula is C48H54FN11O4. The second-order valence-corrected chi connectivity index (χ2v) is 18.3. The number of aromatic nitrogens is 5. The molecule has 3 aliphatic heterocycles. The summed E-state index contributed by atoms with van der Waals surface area (Å²) in [5.74, 6) is 0.838. The topological polar surface area (TPSA) is 169 Å². The lowest BCUT2D eigenvalue weighted by Gasteiger charge is -2.39. The van der Waals surface area contributed by atoms with Gasteiger partial charge in [-0.2, -0.15) is 4.98 Å². The van der Waals surface area contributed by atoms with E-state index in [1.807, 2.05) is 77.2 Å². The number of hydrogen-bond acceptors (Lipinski definition) is 11. The highest BCUT2D eigenvalue weighted by Gasteiger charge is 2.28. The highest BCUT2D eigenvalue weighted by molar-refractivity contribution is 6.05. The Hall–Kier alpha value is -6.68. The molecule has 4 aromatic heterocycles. The number of benzene rings is 2. The molecule has 0 bridgehead atoms. The number of piperidine rings is 1. The number of hydrogen-bond donors (Lipinski definition) is 3. The average Bonchev–Trinajstić information content (AvgIpc) is 3.97. The molecule has 64 heavy (non-hydrogen) atoms. The Morgan fingerprint density at radius 1 is 0.891 bits per heavy atom. The SMILES string of the molecule is Cc1cc(-c2c(F)cnc3[nH]c(-c4ccc(N5CCN(CC6CCN(c7ccc(N8CCC(=O)NC8=O)cc7)CC6)CC5)nc4)cc23)ccc1[C@@H](C)NC(=O)c1nc(C(C)(C)C)no1. The van der Waals surface area contributed by atoms with E-state index in [1.54, 1.807) is 4.90 Å². The van der Waals surface area contributed by atoms with Gasteiger partial charge in [0.25, 0.3) is 0 Å². The van der Waals surface area contributed by atoms with Gasteiger partial charge < -0.3 is 24.6 Å². The Morgan fingerprint density at radius 3 is 2.30 bits per heavy atom. The van der Waals surface area contributed by atoms with Crippen LogP contribution >= 0.6 is 0 Å². The number of aryl methyl sites for hydroxylation is 1. The molecule has 15 nitrogen and oxygen atoms in total. The number of piperazine rings is 1. The van der Waals surface area contributed by atoms with Crippen LogP contribution in [0.3, 0.4) is 0 Å². The molecule has 3 N–H and O–H groups in total. The van der Waals surface area contributed by atoms with Gasteiger partial charge in [0.2, 0.25) is 5.91 Å². The van der Waals surface area contributed by atoms with E-state index in [1.165, 1.54) is 6.20 Å². The molecular weight excluding hydrogens is 814 g/mol. The number of urea groups is 1. The number of halogens is 1. The van der Waals surface area contributed by atoms with E-state index in [9.17, 15) is 14.4 Å². The standard InChI is InChI=1S/C48H54FN11O4/c1-29-24-32(6-12-36(29)30(2)52-44(62)45-55-46(56-64-45)48(3,4)5)42-37-25-39(53-43(37)51-27-38(42)49)33-7-13-40(50-26-33)59-22-20-57(21-23-59)28-31-14-17-58(18-15-31)34-8-10-35(11-9-34)60-19-16-41(61)54-47(60)63/h6-13,24-27,30-31H,14-23,28H2,1-5H3,(H,51,53)(H,52,62)(H,54,61,63)/t30-/m1/s1. The molecule has 1 atom stereocenters. The Kier molecular flexibility index (Phi) is 11.6. The number of aromatic amines is 1. The zero-order chi connectivity index (χ0) is 44.7. The number of carbonyl (C=O) groups is 3. The van der Waals surface area contributed by atoms with Gasteiger partial charge in [0.1, 0.15) is 17.3 Å². The van der Waals surface area contributed by atoms with E-state index >= 15 is 4.39 Å². The van der Waals surface area contributed by atoms with E-state index in [0.717, 1.165) is 98.2 Å². The molecule has 0 aliphatic carbocycles. The second kappa shape index (κ2) is 17.5. The molecule has 332 valence electrons. The Labute approximate surface area is 371 Å². The fourth-order valence-electron chi connectivity index (χ4n) is 9.06. The molecule has 7 heterocycles. The van der Waals surface area contributed by atoms with Crippen LogP contribution in [0.15, 0.2) is 77.6 Å². The molecule has 0 spiro atoms. The molecule has 16 heteroatoms. The van der Waals surface area contributed by atoms with Gasteiger partial charge in [-0.25, -0.2) is 19.2 Å². The van der Waals surface area contributed by atoms with Crippen molar-refractivity contribution < 1.29 is 23.3 Å². The van der Waals surface area contributed by atoms with Crippen LogP contribution in [-0.4, -0.2) is 100 Å². The van der Waals surface area contributed by atoms with Crippen LogP contribution in [0.2, 0.25) is 0 Å². The third-order valence-electron chi connectivity index (χ3n) is 12.7. The van der Waals surface area contributed by atoms with Gasteiger partial charge in [-0.15, -0.1) is 0 Å². The summed E-state index contributed by atoms with van der Waals surface area (Å²) in [7, 11) is 0. The lowest BCUT2D eigenvalue weighted by atomic mass is 9.95. The highest BCUT2D eigenvalue weighted by atomic mass is 19.1. The first-order chi connectivity index (χ1) is 30.8. The number of nitrogens with one attached hydrogen (secondary N) is 3. The van der Waals surface area contributed by atoms with E-state index in [0.29, 0.717) is 46.9 Å². The molecule has 2 aromatic carbocycles. The molecule has 4 amide bonds. The number of imide groups is 1. The van der Waals surface area contributed by atoms with Crippen molar-refractivity contribution in [3.05, 3.63) is 102 Å². The number of rotatable bonds is 10. The Balaban J connectivity index is 0.781. The smallest absolute Gasteiger partial charge is 0.328 e. The van der Waals surface area contributed by atoms with E-state index in [-0.39, 0.29) is 29.3 Å².